The summed E-state index contributed by atoms with van der Waals surface area (Å²) >= 11 is 5.99. The minimum atomic E-state index is -3.85. The minimum absolute atomic E-state index is 0.0442. The van der Waals surface area contributed by atoms with Crippen molar-refractivity contribution < 1.29 is 18.0 Å². The van der Waals surface area contributed by atoms with E-state index in [-0.39, 0.29) is 21.6 Å². The van der Waals surface area contributed by atoms with Crippen LogP contribution in [0.4, 0.5) is 11.4 Å². The highest BCUT2D eigenvalue weighted by Gasteiger charge is 2.16. The summed E-state index contributed by atoms with van der Waals surface area (Å²) in [5.74, 6) is -0.416. The van der Waals surface area contributed by atoms with Gasteiger partial charge >= 0.3 is 0 Å². The molecule has 2 rings (SSSR count). The smallest absolute Gasteiger partial charge is 0.261 e. The Morgan fingerprint density at radius 1 is 1.00 bits per heavy atom. The number of sulfonamides is 1. The highest BCUT2D eigenvalue weighted by Crippen LogP contribution is 2.26. The fraction of sp³-hybridized carbons (Fsp3) is 0.125. The molecule has 0 aromatic heterocycles. The first-order chi connectivity index (χ1) is 11.2. The molecule has 2 N–H and O–H groups in total. The zero-order chi connectivity index (χ0) is 17.9. The second kappa shape index (κ2) is 7.02. The predicted molar refractivity (Wildman–Crippen MR) is 93.0 cm³/mol. The van der Waals surface area contributed by atoms with Gasteiger partial charge in [0.15, 0.2) is 5.78 Å². The first-order valence-corrected chi connectivity index (χ1v) is 8.76. The lowest BCUT2D eigenvalue weighted by Gasteiger charge is -2.11. The molecule has 0 bridgehead atoms. The number of rotatable bonds is 5. The molecule has 0 aliphatic carbocycles. The van der Waals surface area contributed by atoms with Gasteiger partial charge in [-0.25, -0.2) is 8.42 Å². The lowest BCUT2D eigenvalue weighted by atomic mass is 10.1. The van der Waals surface area contributed by atoms with E-state index in [0.717, 1.165) is 0 Å². The number of hydrogen-bond acceptors (Lipinski definition) is 4. The third-order valence-electron chi connectivity index (χ3n) is 3.11. The van der Waals surface area contributed by atoms with E-state index in [2.05, 4.69) is 10.0 Å². The largest absolute Gasteiger partial charge is 0.325 e. The quantitative estimate of drug-likeness (QED) is 0.794. The van der Waals surface area contributed by atoms with E-state index in [1.807, 2.05) is 0 Å². The third-order valence-corrected chi connectivity index (χ3v) is 4.80. The Labute approximate surface area is 144 Å². The molecule has 0 saturated carbocycles. The number of carbonyl (C=O) groups is 2. The SMILES string of the molecule is CC(=O)Nc1ccc(S(=O)(=O)Nc2ccc(C(C)=O)cc2)cc1Cl. The molecule has 0 radical (unpaired) electrons. The van der Waals surface area contributed by atoms with Crippen LogP contribution in [0.2, 0.25) is 5.02 Å². The van der Waals surface area contributed by atoms with Crippen LogP contribution in [0.5, 0.6) is 0 Å². The second-order valence-electron chi connectivity index (χ2n) is 5.06. The van der Waals surface area contributed by atoms with Crippen molar-refractivity contribution in [2.24, 2.45) is 0 Å². The molecule has 2 aromatic rings. The van der Waals surface area contributed by atoms with Crippen LogP contribution in [-0.4, -0.2) is 20.1 Å². The standard InChI is InChI=1S/C16H15ClN2O4S/c1-10(20)12-3-5-13(6-4-12)19-24(22,23)14-7-8-16(15(17)9-14)18-11(2)21/h3-9,19H,1-2H3,(H,18,21). The monoisotopic (exact) mass is 366 g/mol. The van der Waals surface area contributed by atoms with Gasteiger partial charge in [0.2, 0.25) is 5.91 Å². The topological polar surface area (TPSA) is 92.3 Å². The van der Waals surface area contributed by atoms with E-state index in [4.69, 9.17) is 11.6 Å². The maximum Gasteiger partial charge on any atom is 0.261 e. The van der Waals surface area contributed by atoms with Gasteiger partial charge in [-0.1, -0.05) is 11.6 Å². The Morgan fingerprint density at radius 2 is 1.62 bits per heavy atom. The van der Waals surface area contributed by atoms with E-state index in [1.54, 1.807) is 0 Å². The molecular formula is C16H15ClN2O4S. The summed E-state index contributed by atoms with van der Waals surface area (Å²) in [4.78, 5) is 22.2. The Hall–Kier alpha value is -2.38. The normalized spacial score (nSPS) is 11.0. The molecule has 0 saturated heterocycles. The van der Waals surface area contributed by atoms with Crippen LogP contribution < -0.4 is 10.0 Å². The average Bonchev–Trinajstić information content (AvgIpc) is 2.49. The van der Waals surface area contributed by atoms with E-state index >= 15 is 0 Å². The summed E-state index contributed by atoms with van der Waals surface area (Å²) < 4.78 is 27.2. The van der Waals surface area contributed by atoms with Crippen LogP contribution >= 0.6 is 11.6 Å². The lowest BCUT2D eigenvalue weighted by Crippen LogP contribution is -2.13. The Kier molecular flexibility index (Phi) is 5.26. The molecular weight excluding hydrogens is 352 g/mol. The molecule has 126 valence electrons. The highest BCUT2D eigenvalue weighted by atomic mass is 35.5. The number of nitrogens with one attached hydrogen (secondary N) is 2. The molecule has 24 heavy (non-hydrogen) atoms. The van der Waals surface area contributed by atoms with Gasteiger partial charge in [-0.2, -0.15) is 0 Å². The first-order valence-electron chi connectivity index (χ1n) is 6.90. The molecule has 6 nitrogen and oxygen atoms in total. The van der Waals surface area contributed by atoms with Crippen molar-refractivity contribution in [2.75, 3.05) is 10.0 Å². The van der Waals surface area contributed by atoms with Gasteiger partial charge in [-0.05, 0) is 49.4 Å². The molecule has 0 aliphatic rings. The second-order valence-corrected chi connectivity index (χ2v) is 7.15. The summed E-state index contributed by atoms with van der Waals surface area (Å²) in [5.41, 5.74) is 1.14. The van der Waals surface area contributed by atoms with Crippen LogP contribution in [0.1, 0.15) is 24.2 Å². The molecule has 0 heterocycles. The van der Waals surface area contributed by atoms with Gasteiger partial charge in [-0.3, -0.25) is 14.3 Å². The van der Waals surface area contributed by atoms with Gasteiger partial charge in [-0.15, -0.1) is 0 Å². The molecule has 0 aliphatic heterocycles. The number of hydrogen-bond donors (Lipinski definition) is 2. The van der Waals surface area contributed by atoms with Gasteiger partial charge in [0.25, 0.3) is 10.0 Å². The van der Waals surface area contributed by atoms with Crippen LogP contribution in [0.25, 0.3) is 0 Å². The number of anilines is 2. The van der Waals surface area contributed by atoms with E-state index < -0.39 is 10.0 Å². The van der Waals surface area contributed by atoms with Crippen LogP contribution in [0, 0.1) is 0 Å². The first kappa shape index (κ1) is 18.0. The van der Waals surface area contributed by atoms with Gasteiger partial charge in [0.05, 0.1) is 15.6 Å². The number of halogens is 1. The number of benzene rings is 2. The van der Waals surface area contributed by atoms with Gasteiger partial charge in [0, 0.05) is 18.2 Å². The highest BCUT2D eigenvalue weighted by molar-refractivity contribution is 7.92. The minimum Gasteiger partial charge on any atom is -0.325 e. The van der Waals surface area contributed by atoms with Crippen molar-refractivity contribution in [3.05, 3.63) is 53.1 Å². The average molecular weight is 367 g/mol. The van der Waals surface area contributed by atoms with Crippen molar-refractivity contribution in [3.8, 4) is 0 Å². The van der Waals surface area contributed by atoms with Gasteiger partial charge in [0.1, 0.15) is 0 Å². The summed E-state index contributed by atoms with van der Waals surface area (Å²) in [5, 5.41) is 2.61. The number of amides is 1. The number of carbonyl (C=O) groups excluding carboxylic acids is 2. The molecule has 0 unspecified atom stereocenters. The van der Waals surface area contributed by atoms with E-state index in [9.17, 15) is 18.0 Å². The number of ketones is 1. The Balaban J connectivity index is 2.25. The van der Waals surface area contributed by atoms with Crippen molar-refractivity contribution >= 4 is 44.7 Å². The summed E-state index contributed by atoms with van der Waals surface area (Å²) in [6.07, 6.45) is 0. The van der Waals surface area contributed by atoms with Gasteiger partial charge < -0.3 is 5.32 Å². The zero-order valence-electron chi connectivity index (χ0n) is 13.0. The molecule has 0 atom stereocenters. The lowest BCUT2D eigenvalue weighted by molar-refractivity contribution is -0.114. The molecule has 0 spiro atoms. The van der Waals surface area contributed by atoms with Crippen molar-refractivity contribution in [2.45, 2.75) is 18.7 Å². The third kappa shape index (κ3) is 4.33. The van der Waals surface area contributed by atoms with Crippen LogP contribution in [-0.2, 0) is 14.8 Å². The number of Topliss-reactive ketones (excluding diaryl/α,β-unsaturated/α-hetero) is 1. The summed E-state index contributed by atoms with van der Waals surface area (Å²) in [7, 11) is -3.85. The molecule has 1 amide bonds. The van der Waals surface area contributed by atoms with Crippen LogP contribution in [0.15, 0.2) is 47.4 Å². The Morgan fingerprint density at radius 3 is 2.12 bits per heavy atom. The zero-order valence-corrected chi connectivity index (χ0v) is 14.5. The van der Waals surface area contributed by atoms with E-state index in [1.165, 1.54) is 56.3 Å². The molecule has 0 fully saturated rings. The maximum absolute atomic E-state index is 12.4. The molecule has 8 heteroatoms. The summed E-state index contributed by atoms with van der Waals surface area (Å²) in [6, 6.07) is 10.1. The summed E-state index contributed by atoms with van der Waals surface area (Å²) in [6.45, 7) is 2.76. The predicted octanol–water partition coefficient (Wildman–Crippen LogP) is 3.30. The van der Waals surface area contributed by atoms with E-state index in [0.29, 0.717) is 16.9 Å². The maximum atomic E-state index is 12.4. The van der Waals surface area contributed by atoms with Crippen LogP contribution in [0.3, 0.4) is 0 Å². The van der Waals surface area contributed by atoms with Crippen molar-refractivity contribution in [3.63, 3.8) is 0 Å². The Bertz CT molecular complexity index is 893. The molecule has 2 aromatic carbocycles. The van der Waals surface area contributed by atoms with Crippen molar-refractivity contribution in [1.29, 1.82) is 0 Å². The fourth-order valence-corrected chi connectivity index (χ4v) is 3.32. The van der Waals surface area contributed by atoms with Crippen molar-refractivity contribution in [1.82, 2.24) is 0 Å². The fourth-order valence-electron chi connectivity index (χ4n) is 1.94.